The van der Waals surface area contributed by atoms with E-state index in [1.807, 2.05) is 21.1 Å². The molecule has 29 heavy (non-hydrogen) atoms. The molecule has 172 valence electrons. The van der Waals surface area contributed by atoms with Crippen LogP contribution >= 0.6 is 7.68 Å². The van der Waals surface area contributed by atoms with Gasteiger partial charge in [-0.05, 0) is 38.5 Å². The van der Waals surface area contributed by atoms with Gasteiger partial charge in [-0.1, -0.05) is 83.8 Å². The Morgan fingerprint density at radius 1 is 0.621 bits per heavy atom. The van der Waals surface area contributed by atoms with Crippen LogP contribution in [0.25, 0.3) is 0 Å². The van der Waals surface area contributed by atoms with E-state index < -0.39 is 13.0 Å². The normalized spacial score (nSPS) is 14.4. The van der Waals surface area contributed by atoms with Crippen LogP contribution in [0.1, 0.15) is 123 Å². The Morgan fingerprint density at radius 3 is 1.48 bits per heavy atom. The monoisotopic (exact) mass is 428 g/mol. The fraction of sp³-hybridized carbons (Fsp3) is 0.920. The second-order valence-corrected chi connectivity index (χ2v) is 11.0. The van der Waals surface area contributed by atoms with Gasteiger partial charge >= 0.3 is 7.68 Å². The lowest BCUT2D eigenvalue weighted by molar-refractivity contribution is -0.908. The molecule has 0 aromatic heterocycles. The molecule has 0 heterocycles. The van der Waals surface area contributed by atoms with Crippen molar-refractivity contribution in [3.05, 3.63) is 12.2 Å². The summed E-state index contributed by atoms with van der Waals surface area (Å²) in [5, 5.41) is -0.592. The number of allylic oxidation sites excluding steroid dienone is 2. The fourth-order valence-corrected chi connectivity index (χ4v) is 5.52. The van der Waals surface area contributed by atoms with Gasteiger partial charge in [0.25, 0.3) is 0 Å². The van der Waals surface area contributed by atoms with Crippen LogP contribution in [0.4, 0.5) is 0 Å². The Labute approximate surface area is 183 Å². The Kier molecular flexibility index (Phi) is 17.1. The highest BCUT2D eigenvalue weighted by Gasteiger charge is 2.47. The van der Waals surface area contributed by atoms with E-state index in [0.29, 0.717) is 4.48 Å². The van der Waals surface area contributed by atoms with Gasteiger partial charge in [-0.15, -0.1) is 0 Å². The lowest BCUT2D eigenvalue weighted by Crippen LogP contribution is -2.53. The lowest BCUT2D eigenvalue weighted by atomic mass is 9.99. The summed E-state index contributed by atoms with van der Waals surface area (Å²) in [5.74, 6) is 0. The van der Waals surface area contributed by atoms with Crippen LogP contribution in [0.3, 0.4) is 0 Å². The van der Waals surface area contributed by atoms with Crippen LogP contribution in [0.2, 0.25) is 0 Å². The third kappa shape index (κ3) is 12.8. The zero-order valence-corrected chi connectivity index (χ0v) is 21.3. The molecule has 3 nitrogen and oxygen atoms in total. The maximum atomic E-state index is 12.1. The summed E-state index contributed by atoms with van der Waals surface area (Å²) in [6, 6.07) is 0. The molecule has 0 radical (unpaired) electrons. The Hall–Kier alpha value is -0.400. The second-order valence-electron chi connectivity index (χ2n) is 9.69. The highest BCUT2D eigenvalue weighted by Crippen LogP contribution is 2.44. The summed E-state index contributed by atoms with van der Waals surface area (Å²) < 4.78 is 24.6. The smallest absolute Gasteiger partial charge is 0.314 e. The minimum atomic E-state index is -2.42. The molecule has 0 N–H and O–H groups in total. The van der Waals surface area contributed by atoms with Gasteiger partial charge in [0.2, 0.25) is 5.28 Å². The minimum Gasteiger partial charge on any atom is -0.314 e. The van der Waals surface area contributed by atoms with Gasteiger partial charge in [0.15, 0.2) is 0 Å². The van der Waals surface area contributed by atoms with E-state index >= 15 is 0 Å². The maximum absolute atomic E-state index is 12.1. The van der Waals surface area contributed by atoms with Crippen LogP contribution in [-0.2, 0) is 9.13 Å². The average Bonchev–Trinajstić information content (AvgIpc) is 2.65. The molecule has 0 aliphatic carbocycles. The van der Waals surface area contributed by atoms with Gasteiger partial charge in [-0.25, -0.2) is 9.13 Å². The van der Waals surface area contributed by atoms with E-state index in [0.717, 1.165) is 32.1 Å². The predicted octanol–water partition coefficient (Wildman–Crippen LogP) is 8.79. The minimum absolute atomic E-state index is 0.518. The molecule has 0 saturated heterocycles. The topological polar surface area (TPSA) is 34.1 Å². The highest BCUT2D eigenvalue weighted by molar-refractivity contribution is 7.32. The number of hydrogen-bond donors (Lipinski definition) is 0. The molecule has 0 amide bonds. The lowest BCUT2D eigenvalue weighted by Gasteiger charge is -2.41. The summed E-state index contributed by atoms with van der Waals surface area (Å²) in [6.07, 6.45) is 25.2. The van der Waals surface area contributed by atoms with Gasteiger partial charge in [-0.2, -0.15) is 0 Å². The largest absolute Gasteiger partial charge is 0.378 e. The van der Waals surface area contributed by atoms with Crippen LogP contribution in [0.15, 0.2) is 12.2 Å². The van der Waals surface area contributed by atoms with Gasteiger partial charge < -0.3 is 4.48 Å². The summed E-state index contributed by atoms with van der Waals surface area (Å²) in [7, 11) is 3.66. The molecule has 0 fully saturated rings. The average molecular weight is 429 g/mol. The molecule has 0 aromatic carbocycles. The van der Waals surface area contributed by atoms with Crippen molar-refractivity contribution in [2.24, 2.45) is 0 Å². The van der Waals surface area contributed by atoms with Gasteiger partial charge in [0, 0.05) is 12.8 Å². The van der Waals surface area contributed by atoms with Crippen LogP contribution in [-0.4, -0.2) is 30.9 Å². The van der Waals surface area contributed by atoms with Gasteiger partial charge in [-0.3, -0.25) is 0 Å². The number of nitrogens with zero attached hydrogens (tertiary/aromatic N) is 1. The molecule has 0 rings (SSSR count). The van der Waals surface area contributed by atoms with Crippen LogP contribution in [0.5, 0.6) is 0 Å². The van der Waals surface area contributed by atoms with Crippen molar-refractivity contribution in [1.29, 1.82) is 0 Å². The zero-order chi connectivity index (χ0) is 22.0. The molecule has 4 heteroatoms. The molecule has 1 unspecified atom stereocenters. The number of unbranched alkanes of at least 4 members (excludes halogenated alkanes) is 12. The number of quaternary nitrogens is 1. The highest BCUT2D eigenvalue weighted by atomic mass is 31.1. The predicted molar refractivity (Wildman–Crippen MR) is 128 cm³/mol. The molecule has 0 bridgehead atoms. The van der Waals surface area contributed by atoms with E-state index in [4.69, 9.17) is 0 Å². The Balaban J connectivity index is 3.77. The molecule has 1 atom stereocenters. The quantitative estimate of drug-likeness (QED) is 0.0840. The number of rotatable bonds is 20. The molecule has 0 aliphatic heterocycles. The van der Waals surface area contributed by atoms with Gasteiger partial charge in [0.1, 0.15) is 0 Å². The number of hydrogen-bond acceptors (Lipinski definition) is 2. The molecule has 0 saturated carbocycles. The third-order valence-electron chi connectivity index (χ3n) is 6.33. The van der Waals surface area contributed by atoms with Crippen molar-refractivity contribution >= 4 is 7.68 Å². The van der Waals surface area contributed by atoms with E-state index in [9.17, 15) is 9.13 Å². The van der Waals surface area contributed by atoms with Crippen molar-refractivity contribution in [3.8, 4) is 0 Å². The van der Waals surface area contributed by atoms with Crippen molar-refractivity contribution in [3.63, 3.8) is 0 Å². The van der Waals surface area contributed by atoms with E-state index in [-0.39, 0.29) is 0 Å². The molecule has 0 aliphatic rings. The fourth-order valence-electron chi connectivity index (χ4n) is 4.28. The maximum Gasteiger partial charge on any atom is 0.378 e. The first kappa shape index (κ1) is 28.6. The van der Waals surface area contributed by atoms with Crippen molar-refractivity contribution < 1.29 is 13.6 Å². The SMILES string of the molecule is CCCCCCCCC=CCCCCCCCCC(CCC)(P(=O)=O)[N+](C)(C)C. The Morgan fingerprint density at radius 2 is 1.07 bits per heavy atom. The molecule has 0 aromatic rings. The van der Waals surface area contributed by atoms with Crippen molar-refractivity contribution in [1.82, 2.24) is 0 Å². The summed E-state index contributed by atoms with van der Waals surface area (Å²) in [5.41, 5.74) is 0. The van der Waals surface area contributed by atoms with Gasteiger partial charge in [0.05, 0.1) is 21.1 Å². The summed E-state index contributed by atoms with van der Waals surface area (Å²) in [4.78, 5) is 0. The first-order chi connectivity index (χ1) is 13.8. The summed E-state index contributed by atoms with van der Waals surface area (Å²) in [6.45, 7) is 4.36. The molecule has 0 spiro atoms. The van der Waals surface area contributed by atoms with Crippen molar-refractivity contribution in [2.75, 3.05) is 21.1 Å². The standard InChI is InChI=1S/C25H51NO2P/c1-6-8-9-10-11-12-13-14-15-16-17-18-19-20-21-22-24-25(23-7-2,29(27)28)26(3,4)5/h14-15H,6-13,16-24H2,1-5H3/q+1. The third-order valence-corrected chi connectivity index (χ3v) is 8.05. The first-order valence-electron chi connectivity index (χ1n) is 12.4. The molecular formula is C25H51NO2P+. The van der Waals surface area contributed by atoms with Crippen LogP contribution < -0.4 is 0 Å². The van der Waals surface area contributed by atoms with E-state index in [1.54, 1.807) is 0 Å². The van der Waals surface area contributed by atoms with Crippen LogP contribution in [0, 0.1) is 0 Å². The first-order valence-corrected chi connectivity index (χ1v) is 13.6. The molecular weight excluding hydrogens is 377 g/mol. The second kappa shape index (κ2) is 17.3. The van der Waals surface area contributed by atoms with E-state index in [1.165, 1.54) is 77.0 Å². The summed E-state index contributed by atoms with van der Waals surface area (Å²) >= 11 is 0. The van der Waals surface area contributed by atoms with Crippen molar-refractivity contribution in [2.45, 2.75) is 128 Å². The Bertz CT molecular complexity index is 472. The van der Waals surface area contributed by atoms with E-state index in [2.05, 4.69) is 26.0 Å². The zero-order valence-electron chi connectivity index (χ0n) is 20.4.